The molecule has 0 fully saturated rings. The molecule has 48 heavy (non-hydrogen) atoms. The Morgan fingerprint density at radius 3 is 1.94 bits per heavy atom. The third-order valence-electron chi connectivity index (χ3n) is 8.67. The number of anilines is 1. The predicted molar refractivity (Wildman–Crippen MR) is 197 cm³/mol. The molecule has 7 aromatic rings. The van der Waals surface area contributed by atoms with Gasteiger partial charge >= 0.3 is 0 Å². The first kappa shape index (κ1) is 31.4. The average molecular weight is 696 g/mol. The standard InChI is InChI=1S/C41H35BrN4O2/c1-28-24-33(42)26-36-38(28)46-39(45-36)37-35(22-23-43-40(37)47)44-34(25-29-14-6-2-7-15-29)27-48-41(30-16-8-3-9-17-30,31-18-10-4-11-19-31)32-20-12-5-13-21-32/h2-24,26,34H,25,27H2,1H3,(H,45,46)(H2,43,44,47). The number of ether oxygens (including phenoxy) is 1. The lowest BCUT2D eigenvalue weighted by molar-refractivity contribution is 0.00758. The Morgan fingerprint density at radius 2 is 1.35 bits per heavy atom. The SMILES string of the molecule is Cc1cc(Br)cc2[nH]c(-c3c(NC(COC(c4ccccc4)(c4ccccc4)c4ccccc4)Cc4ccccc4)cc[nH]c3=O)nc12. The van der Waals surface area contributed by atoms with E-state index in [9.17, 15) is 4.79 Å². The second-order valence-corrected chi connectivity index (χ2v) is 12.8. The summed E-state index contributed by atoms with van der Waals surface area (Å²) in [5, 5.41) is 3.72. The van der Waals surface area contributed by atoms with Gasteiger partial charge in [-0.25, -0.2) is 4.98 Å². The predicted octanol–water partition coefficient (Wildman–Crippen LogP) is 9.02. The molecule has 0 saturated carbocycles. The van der Waals surface area contributed by atoms with Crippen LogP contribution in [0.4, 0.5) is 5.69 Å². The zero-order chi connectivity index (χ0) is 32.9. The minimum Gasteiger partial charge on any atom is -0.379 e. The molecule has 0 saturated heterocycles. The van der Waals surface area contributed by atoms with Gasteiger partial charge in [-0.15, -0.1) is 0 Å². The van der Waals surface area contributed by atoms with Crippen LogP contribution in [0.15, 0.2) is 155 Å². The fraction of sp³-hybridized carbons (Fsp3) is 0.122. The number of aromatic nitrogens is 3. The number of aryl methyl sites for hydroxylation is 1. The Bertz CT molecular complexity index is 2090. The molecule has 0 spiro atoms. The van der Waals surface area contributed by atoms with Crippen molar-refractivity contribution in [3.63, 3.8) is 0 Å². The molecule has 7 rings (SSSR count). The Kier molecular flexibility index (Phi) is 9.05. The van der Waals surface area contributed by atoms with Gasteiger partial charge < -0.3 is 20.0 Å². The van der Waals surface area contributed by atoms with Crippen molar-refractivity contribution >= 4 is 32.7 Å². The lowest BCUT2D eigenvalue weighted by Crippen LogP contribution is -2.38. The highest BCUT2D eigenvalue weighted by atomic mass is 79.9. The smallest absolute Gasteiger partial charge is 0.261 e. The Labute approximate surface area is 288 Å². The minimum absolute atomic E-state index is 0.219. The van der Waals surface area contributed by atoms with Crippen LogP contribution in [0.25, 0.3) is 22.4 Å². The van der Waals surface area contributed by atoms with Gasteiger partial charge in [-0.1, -0.05) is 137 Å². The second-order valence-electron chi connectivity index (χ2n) is 11.9. The highest BCUT2D eigenvalue weighted by molar-refractivity contribution is 9.10. The van der Waals surface area contributed by atoms with Crippen LogP contribution >= 0.6 is 15.9 Å². The number of benzene rings is 5. The Morgan fingerprint density at radius 1 is 0.792 bits per heavy atom. The third kappa shape index (κ3) is 6.35. The summed E-state index contributed by atoms with van der Waals surface area (Å²) >= 11 is 3.58. The monoisotopic (exact) mass is 694 g/mol. The Hall–Kier alpha value is -5.24. The summed E-state index contributed by atoms with van der Waals surface area (Å²) in [5.41, 5.74) is 6.93. The van der Waals surface area contributed by atoms with E-state index in [1.54, 1.807) is 6.20 Å². The summed E-state index contributed by atoms with van der Waals surface area (Å²) in [6.07, 6.45) is 2.33. The topological polar surface area (TPSA) is 82.8 Å². The van der Waals surface area contributed by atoms with E-state index in [0.717, 1.165) is 43.3 Å². The van der Waals surface area contributed by atoms with Crippen molar-refractivity contribution in [3.05, 3.63) is 188 Å². The number of halogens is 1. The minimum atomic E-state index is -0.888. The fourth-order valence-corrected chi connectivity index (χ4v) is 7.04. The van der Waals surface area contributed by atoms with Crippen LogP contribution in [-0.4, -0.2) is 27.6 Å². The maximum Gasteiger partial charge on any atom is 0.261 e. The van der Waals surface area contributed by atoms with E-state index in [4.69, 9.17) is 9.72 Å². The molecule has 0 aliphatic rings. The van der Waals surface area contributed by atoms with Crippen LogP contribution in [0.5, 0.6) is 0 Å². The lowest BCUT2D eigenvalue weighted by atomic mass is 9.80. The number of fused-ring (bicyclic) bond motifs is 1. The summed E-state index contributed by atoms with van der Waals surface area (Å²) in [7, 11) is 0. The van der Waals surface area contributed by atoms with Crippen molar-refractivity contribution in [1.29, 1.82) is 0 Å². The third-order valence-corrected chi connectivity index (χ3v) is 9.12. The molecule has 1 unspecified atom stereocenters. The lowest BCUT2D eigenvalue weighted by Gasteiger charge is -2.37. The molecule has 0 bridgehead atoms. The molecule has 0 aliphatic heterocycles. The molecule has 3 N–H and O–H groups in total. The molecule has 238 valence electrons. The largest absolute Gasteiger partial charge is 0.379 e. The summed E-state index contributed by atoms with van der Waals surface area (Å²) in [4.78, 5) is 24.6. The molecule has 2 heterocycles. The first-order valence-corrected chi connectivity index (χ1v) is 16.8. The highest BCUT2D eigenvalue weighted by Crippen LogP contribution is 2.41. The molecule has 7 heteroatoms. The normalized spacial score (nSPS) is 12.2. The average Bonchev–Trinajstić information content (AvgIpc) is 3.54. The van der Waals surface area contributed by atoms with Crippen molar-refractivity contribution in [1.82, 2.24) is 15.0 Å². The highest BCUT2D eigenvalue weighted by Gasteiger charge is 2.38. The zero-order valence-corrected chi connectivity index (χ0v) is 28.1. The number of aromatic amines is 2. The molecule has 0 amide bonds. The second kappa shape index (κ2) is 13.9. The molecule has 1 atom stereocenters. The number of H-pyrrole nitrogens is 2. The van der Waals surface area contributed by atoms with Gasteiger partial charge in [-0.3, -0.25) is 4.79 Å². The number of hydrogen-bond donors (Lipinski definition) is 3. The van der Waals surface area contributed by atoms with E-state index in [1.807, 2.05) is 61.5 Å². The van der Waals surface area contributed by atoms with Crippen LogP contribution in [-0.2, 0) is 16.8 Å². The maximum absolute atomic E-state index is 13.5. The van der Waals surface area contributed by atoms with Gasteiger partial charge in [0.15, 0.2) is 0 Å². The first-order chi connectivity index (χ1) is 23.5. The number of hydrogen-bond acceptors (Lipinski definition) is 4. The number of imidazole rings is 1. The van der Waals surface area contributed by atoms with Gasteiger partial charge in [0.25, 0.3) is 5.56 Å². The van der Waals surface area contributed by atoms with Gasteiger partial charge in [-0.05, 0) is 59.4 Å². The van der Waals surface area contributed by atoms with E-state index < -0.39 is 5.60 Å². The van der Waals surface area contributed by atoms with Crippen LogP contribution in [0.3, 0.4) is 0 Å². The summed E-state index contributed by atoms with van der Waals surface area (Å²) in [6.45, 7) is 2.34. The van der Waals surface area contributed by atoms with Gasteiger partial charge in [0.05, 0.1) is 29.4 Å². The van der Waals surface area contributed by atoms with Crippen LogP contribution < -0.4 is 10.9 Å². The van der Waals surface area contributed by atoms with Crippen LogP contribution in [0.2, 0.25) is 0 Å². The van der Waals surface area contributed by atoms with Gasteiger partial charge in [-0.2, -0.15) is 0 Å². The quantitative estimate of drug-likeness (QED) is 0.118. The number of nitrogens with zero attached hydrogens (tertiary/aromatic N) is 1. The molecule has 2 aromatic heterocycles. The van der Waals surface area contributed by atoms with E-state index in [2.05, 4.69) is 116 Å². The van der Waals surface area contributed by atoms with Gasteiger partial charge in [0.2, 0.25) is 0 Å². The molecule has 6 nitrogen and oxygen atoms in total. The van der Waals surface area contributed by atoms with Crippen molar-refractivity contribution in [3.8, 4) is 11.4 Å². The number of rotatable bonds is 11. The van der Waals surface area contributed by atoms with E-state index >= 15 is 0 Å². The first-order valence-electron chi connectivity index (χ1n) is 16.0. The summed E-state index contributed by atoms with van der Waals surface area (Å²) in [5.74, 6) is 0.502. The summed E-state index contributed by atoms with van der Waals surface area (Å²) < 4.78 is 8.22. The van der Waals surface area contributed by atoms with Crippen LogP contribution in [0.1, 0.15) is 27.8 Å². The van der Waals surface area contributed by atoms with E-state index in [-0.39, 0.29) is 11.6 Å². The van der Waals surface area contributed by atoms with Gasteiger partial charge in [0, 0.05) is 10.7 Å². The summed E-state index contributed by atoms with van der Waals surface area (Å²) in [6, 6.07) is 47.1. The molecular formula is C41H35BrN4O2. The Balaban J connectivity index is 1.32. The molecule has 5 aromatic carbocycles. The van der Waals surface area contributed by atoms with Crippen molar-refractivity contribution in [2.75, 3.05) is 11.9 Å². The van der Waals surface area contributed by atoms with Gasteiger partial charge in [0.1, 0.15) is 17.0 Å². The molecule has 0 radical (unpaired) electrons. The van der Waals surface area contributed by atoms with Crippen molar-refractivity contribution < 1.29 is 4.74 Å². The van der Waals surface area contributed by atoms with Crippen LogP contribution in [0, 0.1) is 6.92 Å². The van der Waals surface area contributed by atoms with Crippen molar-refractivity contribution in [2.24, 2.45) is 0 Å². The molecule has 0 aliphatic carbocycles. The van der Waals surface area contributed by atoms with E-state index in [0.29, 0.717) is 30.1 Å². The fourth-order valence-electron chi connectivity index (χ4n) is 6.46. The van der Waals surface area contributed by atoms with Crippen molar-refractivity contribution in [2.45, 2.75) is 25.0 Å². The molecular weight excluding hydrogens is 660 g/mol. The van der Waals surface area contributed by atoms with E-state index in [1.165, 1.54) is 0 Å². The zero-order valence-electron chi connectivity index (χ0n) is 26.5. The number of nitrogens with one attached hydrogen (secondary N) is 3. The maximum atomic E-state index is 13.5. The number of pyridine rings is 1.